The zero-order chi connectivity index (χ0) is 33.5. The molecule has 0 bridgehead atoms. The molecule has 47 heavy (non-hydrogen) atoms. The van der Waals surface area contributed by atoms with Gasteiger partial charge >= 0.3 is 11.9 Å². The number of likely N-dealkylation sites (tertiary alicyclic amines) is 1. The molecule has 0 amide bonds. The summed E-state index contributed by atoms with van der Waals surface area (Å²) in [5, 5.41) is 3.93. The zero-order valence-electron chi connectivity index (χ0n) is 26.1. The SMILES string of the molecule is COc1ccc([C@H](Cc2c(Cl)c[nH+]cc2Cl)OC(=O)c2ccc(CNC(C(=O)O[C@@H]3CCN(C)C3)c3ccccc3F)s2)cc1OC. The van der Waals surface area contributed by atoms with E-state index in [0.29, 0.717) is 50.5 Å². The summed E-state index contributed by atoms with van der Waals surface area (Å²) in [6.07, 6.45) is 3.07. The van der Waals surface area contributed by atoms with Gasteiger partial charge in [0.05, 0.1) is 14.2 Å². The first-order chi connectivity index (χ1) is 22.7. The average Bonchev–Trinajstić information content (AvgIpc) is 3.71. The molecule has 9 nitrogen and oxygen atoms in total. The molecule has 13 heteroatoms. The molecule has 2 aromatic carbocycles. The Kier molecular flexibility index (Phi) is 11.7. The number of H-pyrrole nitrogens is 1. The maximum Gasteiger partial charge on any atom is 0.348 e. The van der Waals surface area contributed by atoms with Gasteiger partial charge in [-0.2, -0.15) is 0 Å². The lowest BCUT2D eigenvalue weighted by molar-refractivity contribution is -0.377. The Morgan fingerprint density at radius 2 is 1.81 bits per heavy atom. The first-order valence-electron chi connectivity index (χ1n) is 14.9. The van der Waals surface area contributed by atoms with Crippen LogP contribution in [0.5, 0.6) is 11.5 Å². The van der Waals surface area contributed by atoms with E-state index in [-0.39, 0.29) is 24.6 Å². The molecule has 5 rings (SSSR count). The summed E-state index contributed by atoms with van der Waals surface area (Å²) < 4.78 is 37.5. The second-order valence-electron chi connectivity index (χ2n) is 11.1. The topological polar surface area (TPSA) is 100 Å². The highest BCUT2D eigenvalue weighted by molar-refractivity contribution is 7.13. The molecular weight excluding hydrogens is 668 g/mol. The Bertz CT molecular complexity index is 1700. The van der Waals surface area contributed by atoms with Crippen LogP contribution in [-0.4, -0.2) is 57.3 Å². The van der Waals surface area contributed by atoms with E-state index in [4.69, 9.17) is 42.1 Å². The fraction of sp³-hybridized carbons (Fsp3) is 0.324. The number of nitrogens with one attached hydrogen (secondary N) is 2. The predicted octanol–water partition coefficient (Wildman–Crippen LogP) is 6.24. The van der Waals surface area contributed by atoms with E-state index in [9.17, 15) is 14.0 Å². The number of rotatable bonds is 13. The van der Waals surface area contributed by atoms with Crippen molar-refractivity contribution in [1.82, 2.24) is 10.2 Å². The number of hydrogen-bond acceptors (Lipinski definition) is 9. The number of hydrogen-bond donors (Lipinski definition) is 1. The number of likely N-dealkylation sites (N-methyl/N-ethyl adjacent to an activating group) is 1. The van der Waals surface area contributed by atoms with E-state index in [0.717, 1.165) is 11.4 Å². The van der Waals surface area contributed by atoms with Gasteiger partial charge in [0.1, 0.15) is 39.0 Å². The third kappa shape index (κ3) is 8.60. The average molecular weight is 704 g/mol. The second-order valence-corrected chi connectivity index (χ2v) is 13.0. The lowest BCUT2D eigenvalue weighted by Gasteiger charge is -2.21. The van der Waals surface area contributed by atoms with Crippen LogP contribution in [0.4, 0.5) is 4.39 Å². The molecule has 0 spiro atoms. The highest BCUT2D eigenvalue weighted by Gasteiger charge is 2.30. The minimum Gasteiger partial charge on any atom is -0.493 e. The fourth-order valence-electron chi connectivity index (χ4n) is 5.36. The predicted molar refractivity (Wildman–Crippen MR) is 177 cm³/mol. The number of aromatic nitrogens is 1. The molecule has 0 aliphatic carbocycles. The number of pyridine rings is 1. The minimum atomic E-state index is -1.04. The monoisotopic (exact) mass is 702 g/mol. The Morgan fingerprint density at radius 3 is 2.49 bits per heavy atom. The first kappa shape index (κ1) is 34.6. The third-order valence-electron chi connectivity index (χ3n) is 7.84. The van der Waals surface area contributed by atoms with Crippen LogP contribution in [0.2, 0.25) is 10.0 Å². The number of aromatic amines is 1. The van der Waals surface area contributed by atoms with Gasteiger partial charge in [-0.3, -0.25) is 5.32 Å². The van der Waals surface area contributed by atoms with Crippen LogP contribution in [0.1, 0.15) is 49.8 Å². The Hall–Kier alpha value is -3.74. The smallest absolute Gasteiger partial charge is 0.348 e. The van der Waals surface area contributed by atoms with E-state index < -0.39 is 29.9 Å². The summed E-state index contributed by atoms with van der Waals surface area (Å²) >= 11 is 14.1. The van der Waals surface area contributed by atoms with Gasteiger partial charge < -0.3 is 23.8 Å². The van der Waals surface area contributed by atoms with Gasteiger partial charge in [0.15, 0.2) is 23.9 Å². The van der Waals surface area contributed by atoms with Crippen LogP contribution in [0.3, 0.4) is 0 Å². The summed E-state index contributed by atoms with van der Waals surface area (Å²) in [5.41, 5.74) is 1.44. The molecule has 0 saturated carbocycles. The van der Waals surface area contributed by atoms with Crippen molar-refractivity contribution in [3.8, 4) is 11.5 Å². The van der Waals surface area contributed by atoms with Crippen molar-refractivity contribution in [2.45, 2.75) is 37.6 Å². The largest absolute Gasteiger partial charge is 0.493 e. The van der Waals surface area contributed by atoms with Crippen molar-refractivity contribution >= 4 is 46.5 Å². The van der Waals surface area contributed by atoms with Gasteiger partial charge in [-0.1, -0.05) is 47.5 Å². The molecular formula is C34H35Cl2FN3O6S+. The van der Waals surface area contributed by atoms with Crippen molar-refractivity contribution in [1.29, 1.82) is 0 Å². The Balaban J connectivity index is 1.33. The molecule has 2 aromatic heterocycles. The number of methoxy groups -OCH3 is 2. The summed E-state index contributed by atoms with van der Waals surface area (Å²) in [4.78, 5) is 32.8. The normalized spacial score (nSPS) is 16.0. The van der Waals surface area contributed by atoms with Gasteiger partial charge in [0.25, 0.3) is 0 Å². The number of carbonyl (C=O) groups is 2. The molecule has 248 valence electrons. The van der Waals surface area contributed by atoms with Crippen molar-refractivity contribution in [2.24, 2.45) is 0 Å². The number of benzene rings is 2. The maximum atomic E-state index is 14.8. The van der Waals surface area contributed by atoms with E-state index in [2.05, 4.69) is 15.2 Å². The van der Waals surface area contributed by atoms with Crippen molar-refractivity contribution in [3.05, 3.63) is 109 Å². The van der Waals surface area contributed by atoms with Crippen LogP contribution in [-0.2, 0) is 27.2 Å². The van der Waals surface area contributed by atoms with E-state index in [1.807, 2.05) is 7.05 Å². The number of ether oxygens (including phenoxy) is 4. The molecule has 4 aromatic rings. The second kappa shape index (κ2) is 15.9. The Morgan fingerprint density at radius 1 is 1.06 bits per heavy atom. The van der Waals surface area contributed by atoms with Gasteiger partial charge in [-0.25, -0.2) is 19.0 Å². The van der Waals surface area contributed by atoms with Crippen LogP contribution < -0.4 is 19.8 Å². The number of thiophene rings is 1. The molecule has 3 atom stereocenters. The minimum absolute atomic E-state index is 0.182. The lowest BCUT2D eigenvalue weighted by atomic mass is 10.0. The summed E-state index contributed by atoms with van der Waals surface area (Å²) in [6, 6.07) is 13.7. The molecule has 1 fully saturated rings. The highest BCUT2D eigenvalue weighted by atomic mass is 35.5. The number of carbonyl (C=O) groups excluding carboxylic acids is 2. The first-order valence-corrected chi connectivity index (χ1v) is 16.5. The van der Waals surface area contributed by atoms with Crippen LogP contribution in [0.15, 0.2) is 67.0 Å². The van der Waals surface area contributed by atoms with Gasteiger partial charge in [-0.05, 0) is 49.4 Å². The maximum absolute atomic E-state index is 14.8. The fourth-order valence-corrected chi connectivity index (χ4v) is 6.74. The quantitative estimate of drug-likeness (QED) is 0.163. The highest BCUT2D eigenvalue weighted by Crippen LogP contribution is 2.36. The third-order valence-corrected chi connectivity index (χ3v) is 9.58. The summed E-state index contributed by atoms with van der Waals surface area (Å²) in [7, 11) is 5.02. The molecule has 0 radical (unpaired) electrons. The van der Waals surface area contributed by atoms with Crippen molar-refractivity contribution < 1.29 is 37.9 Å². The molecule has 2 N–H and O–H groups in total. The summed E-state index contributed by atoms with van der Waals surface area (Å²) in [6.45, 7) is 1.62. The van der Waals surface area contributed by atoms with E-state index in [1.54, 1.807) is 60.9 Å². The van der Waals surface area contributed by atoms with Crippen LogP contribution >= 0.6 is 34.5 Å². The van der Waals surface area contributed by atoms with Crippen molar-refractivity contribution in [2.75, 3.05) is 34.4 Å². The van der Waals surface area contributed by atoms with Crippen molar-refractivity contribution in [3.63, 3.8) is 0 Å². The standard InChI is InChI=1S/C34H34Cl2FN3O6S/c1-40-13-12-21(19-40)45-34(42)32(23-6-4-5-7-27(23)37)39-16-22-9-11-31(47-22)33(41)46-29(15-24-25(35)17-38-18-26(24)36)20-8-10-28(43-2)30(14-20)44-3/h4-11,14,17-18,21,29,32,39H,12-13,15-16,19H2,1-3H3/p+1/t21-,29+,32?/m1/s1. The molecule has 3 heterocycles. The number of nitrogens with zero attached hydrogens (tertiary/aromatic N) is 1. The van der Waals surface area contributed by atoms with Gasteiger partial charge in [-0.15, -0.1) is 11.3 Å². The van der Waals surface area contributed by atoms with Crippen LogP contribution in [0.25, 0.3) is 0 Å². The molecule has 1 aliphatic rings. The molecule has 1 unspecified atom stereocenters. The van der Waals surface area contributed by atoms with E-state index in [1.165, 1.54) is 31.6 Å². The summed E-state index contributed by atoms with van der Waals surface area (Å²) in [5.74, 6) is -0.641. The molecule has 1 aliphatic heterocycles. The van der Waals surface area contributed by atoms with Crippen LogP contribution in [0, 0.1) is 5.82 Å². The number of esters is 2. The van der Waals surface area contributed by atoms with Gasteiger partial charge in [0.2, 0.25) is 0 Å². The Labute approximate surface area is 286 Å². The molecule has 1 saturated heterocycles. The van der Waals surface area contributed by atoms with E-state index >= 15 is 0 Å². The lowest BCUT2D eigenvalue weighted by Crippen LogP contribution is -2.33. The number of halogens is 3. The zero-order valence-corrected chi connectivity index (χ0v) is 28.4. The van der Waals surface area contributed by atoms with Gasteiger partial charge in [0, 0.05) is 42.1 Å².